The van der Waals surface area contributed by atoms with Gasteiger partial charge in [-0.3, -0.25) is 4.79 Å². The Morgan fingerprint density at radius 2 is 0.877 bits per heavy atom. The van der Waals surface area contributed by atoms with Crippen LogP contribution in [0.1, 0.15) is 144 Å². The molecule has 4 aromatic carbocycles. The van der Waals surface area contributed by atoms with Gasteiger partial charge in [0.05, 0.1) is 65.4 Å². The largest absolute Gasteiger partial charge is 0.486 e. The Bertz CT molecular complexity index is 2230. The summed E-state index contributed by atoms with van der Waals surface area (Å²) in [6, 6.07) is 19.4. The summed E-state index contributed by atoms with van der Waals surface area (Å²) in [4.78, 5) is 46.6. The number of nitrogens with two attached hydrogens (primary N) is 1. The van der Waals surface area contributed by atoms with E-state index in [2.05, 4.69) is 10.1 Å². The summed E-state index contributed by atoms with van der Waals surface area (Å²) in [5, 5.41) is 12.7. The van der Waals surface area contributed by atoms with Crippen molar-refractivity contribution in [2.75, 3.05) is 25.3 Å². The van der Waals surface area contributed by atoms with Crippen LogP contribution in [0.25, 0.3) is 0 Å². The molecule has 4 fully saturated rings. The molecule has 0 unspecified atom stereocenters. The zero-order chi connectivity index (χ0) is 46.3. The molecule has 8 rings (SSSR count). The molecule has 0 atom stereocenters. The van der Waals surface area contributed by atoms with Crippen LogP contribution in [-0.4, -0.2) is 67.6 Å². The first kappa shape index (κ1) is 48.8. The van der Waals surface area contributed by atoms with Gasteiger partial charge in [-0.2, -0.15) is 0 Å². The van der Waals surface area contributed by atoms with Gasteiger partial charge in [0.15, 0.2) is 23.0 Å². The first-order chi connectivity index (χ1) is 31.4. The maximum atomic E-state index is 12.9. The standard InChI is InChI=1S/C25H28ClNO5.C17H21ClO4.C8H9NO2/c1-30-25(29)16-10-12-18(13-11-16)27-24(28)17-14-21(26)23(32-20-8-4-5-9-20)22(15-17)31-19-6-2-3-7-19;18-14-9-11(17(19)20)10-15(21-12-5-1-2-6-12)16(14)22-13-7-3-4-8-13;1-11-8(10)6-2-4-7(9)5-3-6/h10-15,19-20H,2-9H2,1H3,(H,27,28);9-10,12-13H,1-8H2,(H,19,20);2-5H,9H2,1H3. The third-order valence-corrected chi connectivity index (χ3v) is 12.4. The highest BCUT2D eigenvalue weighted by Crippen LogP contribution is 2.42. The van der Waals surface area contributed by atoms with Gasteiger partial charge in [0, 0.05) is 16.9 Å². The fourth-order valence-corrected chi connectivity index (χ4v) is 8.77. The van der Waals surface area contributed by atoms with Gasteiger partial charge in [-0.1, -0.05) is 23.2 Å². The predicted octanol–water partition coefficient (Wildman–Crippen LogP) is 11.8. The lowest BCUT2D eigenvalue weighted by Crippen LogP contribution is -2.17. The lowest BCUT2D eigenvalue weighted by atomic mass is 10.1. The molecule has 65 heavy (non-hydrogen) atoms. The number of halogens is 2. The number of hydrogen-bond donors (Lipinski definition) is 3. The van der Waals surface area contributed by atoms with Crippen LogP contribution < -0.4 is 30.0 Å². The van der Waals surface area contributed by atoms with E-state index in [0.29, 0.717) is 61.1 Å². The summed E-state index contributed by atoms with van der Waals surface area (Å²) in [6.07, 6.45) is 17.7. The molecular formula is C50H58Cl2N2O11. The van der Waals surface area contributed by atoms with Gasteiger partial charge in [-0.15, -0.1) is 0 Å². The number of anilines is 2. The number of aromatic carboxylic acids is 1. The molecule has 15 heteroatoms. The Labute approximate surface area is 390 Å². The summed E-state index contributed by atoms with van der Waals surface area (Å²) in [5.74, 6) is -0.0562. The first-order valence-corrected chi connectivity index (χ1v) is 23.2. The van der Waals surface area contributed by atoms with Crippen molar-refractivity contribution in [1.82, 2.24) is 0 Å². The van der Waals surface area contributed by atoms with Crippen molar-refractivity contribution in [3.63, 3.8) is 0 Å². The van der Waals surface area contributed by atoms with E-state index in [1.807, 2.05) is 0 Å². The van der Waals surface area contributed by atoms with Gasteiger partial charge < -0.3 is 44.6 Å². The highest BCUT2D eigenvalue weighted by molar-refractivity contribution is 6.33. The quantitative estimate of drug-likeness (QED) is 0.0853. The van der Waals surface area contributed by atoms with E-state index in [0.717, 1.165) is 103 Å². The van der Waals surface area contributed by atoms with Crippen molar-refractivity contribution in [3.05, 3.63) is 105 Å². The molecule has 348 valence electrons. The topological polar surface area (TPSA) is 182 Å². The zero-order valence-electron chi connectivity index (χ0n) is 36.9. The van der Waals surface area contributed by atoms with Gasteiger partial charge in [0.1, 0.15) is 0 Å². The number of ether oxygens (including phenoxy) is 6. The highest BCUT2D eigenvalue weighted by atomic mass is 35.5. The predicted molar refractivity (Wildman–Crippen MR) is 249 cm³/mol. The summed E-state index contributed by atoms with van der Waals surface area (Å²) < 4.78 is 33.7. The van der Waals surface area contributed by atoms with Crippen LogP contribution in [0.15, 0.2) is 72.8 Å². The van der Waals surface area contributed by atoms with Crippen molar-refractivity contribution < 1.29 is 52.7 Å². The van der Waals surface area contributed by atoms with Crippen LogP contribution in [0.3, 0.4) is 0 Å². The number of nitrogens with one attached hydrogen (secondary N) is 1. The molecule has 13 nitrogen and oxygen atoms in total. The number of carboxylic acid groups (broad SMARTS) is 1. The molecule has 0 radical (unpaired) electrons. The Morgan fingerprint density at radius 1 is 0.523 bits per heavy atom. The van der Waals surface area contributed by atoms with Crippen LogP contribution in [0.4, 0.5) is 11.4 Å². The summed E-state index contributed by atoms with van der Waals surface area (Å²) in [6.45, 7) is 0. The van der Waals surface area contributed by atoms with E-state index < -0.39 is 11.9 Å². The molecule has 4 aromatic rings. The van der Waals surface area contributed by atoms with E-state index in [4.69, 9.17) is 52.6 Å². The van der Waals surface area contributed by atoms with Crippen molar-refractivity contribution in [2.24, 2.45) is 0 Å². The molecule has 1 amide bonds. The van der Waals surface area contributed by atoms with Crippen LogP contribution in [0.2, 0.25) is 10.0 Å². The number of amides is 1. The number of rotatable bonds is 13. The van der Waals surface area contributed by atoms with Crippen molar-refractivity contribution in [2.45, 2.75) is 127 Å². The van der Waals surface area contributed by atoms with E-state index in [-0.39, 0.29) is 41.9 Å². The van der Waals surface area contributed by atoms with Crippen molar-refractivity contribution in [1.29, 1.82) is 0 Å². The Balaban J connectivity index is 0.000000182. The molecule has 0 bridgehead atoms. The van der Waals surface area contributed by atoms with E-state index in [1.54, 1.807) is 60.7 Å². The summed E-state index contributed by atoms with van der Waals surface area (Å²) in [7, 11) is 2.67. The van der Waals surface area contributed by atoms with Crippen molar-refractivity contribution in [3.8, 4) is 23.0 Å². The van der Waals surface area contributed by atoms with E-state index >= 15 is 0 Å². The molecule has 0 heterocycles. The van der Waals surface area contributed by atoms with Crippen LogP contribution in [0, 0.1) is 0 Å². The maximum absolute atomic E-state index is 12.9. The molecule has 0 saturated heterocycles. The SMILES string of the molecule is COC(=O)c1ccc(N)cc1.COC(=O)c1ccc(NC(=O)c2cc(Cl)c(OC3CCCC3)c(OC3CCCC3)c2)cc1.O=C(O)c1cc(Cl)c(OC2CCCC2)c(OC2CCCC2)c1. The number of carboxylic acids is 1. The second-order valence-electron chi connectivity index (χ2n) is 16.6. The van der Waals surface area contributed by atoms with Gasteiger partial charge in [0.2, 0.25) is 0 Å². The normalized spacial score (nSPS) is 16.4. The maximum Gasteiger partial charge on any atom is 0.337 e. The molecular weight excluding hydrogens is 875 g/mol. The van der Waals surface area contributed by atoms with Gasteiger partial charge in [-0.05, 0) is 176 Å². The minimum atomic E-state index is -1.01. The number of carbonyl (C=O) groups is 4. The minimum Gasteiger partial charge on any atom is -0.486 e. The average molecular weight is 934 g/mol. The Hall–Kier alpha value is -5.66. The average Bonchev–Trinajstić information content (AvgIpc) is 4.17. The highest BCUT2D eigenvalue weighted by Gasteiger charge is 2.27. The second kappa shape index (κ2) is 24.0. The molecule has 0 aliphatic heterocycles. The first-order valence-electron chi connectivity index (χ1n) is 22.4. The van der Waals surface area contributed by atoms with Gasteiger partial charge in [-0.25, -0.2) is 14.4 Å². The zero-order valence-corrected chi connectivity index (χ0v) is 38.4. The molecule has 4 N–H and O–H groups in total. The smallest absolute Gasteiger partial charge is 0.337 e. The van der Waals surface area contributed by atoms with Gasteiger partial charge >= 0.3 is 17.9 Å². The lowest BCUT2D eigenvalue weighted by molar-refractivity contribution is 0.0592. The fraction of sp³-hybridized carbons (Fsp3) is 0.440. The number of benzene rings is 4. The van der Waals surface area contributed by atoms with E-state index in [9.17, 15) is 24.3 Å². The summed E-state index contributed by atoms with van der Waals surface area (Å²) >= 11 is 12.9. The number of carbonyl (C=O) groups excluding carboxylic acids is 3. The number of esters is 2. The third kappa shape index (κ3) is 14.2. The molecule has 4 saturated carbocycles. The number of hydrogen-bond acceptors (Lipinski definition) is 11. The number of methoxy groups -OCH3 is 2. The molecule has 4 aliphatic carbocycles. The van der Waals surface area contributed by atoms with E-state index in [1.165, 1.54) is 26.4 Å². The number of nitrogen functional groups attached to an aromatic ring is 1. The monoisotopic (exact) mass is 932 g/mol. The van der Waals surface area contributed by atoms with Crippen LogP contribution in [-0.2, 0) is 9.47 Å². The van der Waals surface area contributed by atoms with Crippen LogP contribution in [0.5, 0.6) is 23.0 Å². The van der Waals surface area contributed by atoms with Crippen molar-refractivity contribution >= 4 is 58.4 Å². The van der Waals surface area contributed by atoms with Gasteiger partial charge in [0.25, 0.3) is 5.91 Å². The molecule has 0 spiro atoms. The molecule has 0 aromatic heterocycles. The Morgan fingerprint density at radius 3 is 1.26 bits per heavy atom. The van der Waals surface area contributed by atoms with Crippen LogP contribution >= 0.6 is 23.2 Å². The summed E-state index contributed by atoms with van der Waals surface area (Å²) in [5.41, 5.74) is 8.06. The molecule has 4 aliphatic rings. The fourth-order valence-electron chi connectivity index (χ4n) is 8.26. The third-order valence-electron chi connectivity index (χ3n) is 11.8. The lowest BCUT2D eigenvalue weighted by Gasteiger charge is -2.21. The second-order valence-corrected chi connectivity index (χ2v) is 17.4. The minimum absolute atomic E-state index is 0.112. The Kier molecular flexibility index (Phi) is 18.0.